The molecule has 4 atom stereocenters. The van der Waals surface area contributed by atoms with E-state index in [0.29, 0.717) is 37.4 Å². The van der Waals surface area contributed by atoms with Gasteiger partial charge in [-0.15, -0.1) is 0 Å². The van der Waals surface area contributed by atoms with E-state index >= 15 is 0 Å². The van der Waals surface area contributed by atoms with E-state index in [1.165, 1.54) is 6.20 Å². The minimum absolute atomic E-state index is 0.0955. The second-order valence-corrected chi connectivity index (χ2v) is 9.51. The fourth-order valence-electron chi connectivity index (χ4n) is 5.88. The molecule has 4 aliphatic heterocycles. The Kier molecular flexibility index (Phi) is 4.70. The van der Waals surface area contributed by atoms with E-state index in [2.05, 4.69) is 19.8 Å². The predicted molar refractivity (Wildman–Crippen MR) is 111 cm³/mol. The van der Waals surface area contributed by atoms with Gasteiger partial charge in [0, 0.05) is 19.2 Å². The van der Waals surface area contributed by atoms with Gasteiger partial charge in [0.25, 0.3) is 0 Å². The number of hydrogen-bond donors (Lipinski definition) is 0. The van der Waals surface area contributed by atoms with Crippen molar-refractivity contribution in [2.24, 2.45) is 0 Å². The lowest BCUT2D eigenvalue weighted by Gasteiger charge is -2.36. The Balaban J connectivity index is 1.39. The Morgan fingerprint density at radius 1 is 1.26 bits per heavy atom. The Hall–Kier alpha value is -1.84. The maximum Gasteiger partial charge on any atom is 0.319 e. The average molecular weight is 452 g/mol. The van der Waals surface area contributed by atoms with Crippen molar-refractivity contribution in [3.8, 4) is 6.01 Å². The largest absolute Gasteiger partial charge is 0.461 e. The number of alkyl halides is 1. The van der Waals surface area contributed by atoms with E-state index in [4.69, 9.17) is 26.1 Å². The molecule has 4 saturated heterocycles. The smallest absolute Gasteiger partial charge is 0.319 e. The highest BCUT2D eigenvalue weighted by Gasteiger charge is 2.49. The van der Waals surface area contributed by atoms with E-state index in [9.17, 15) is 8.78 Å². The zero-order valence-corrected chi connectivity index (χ0v) is 17.8. The monoisotopic (exact) mass is 451 g/mol. The molecule has 0 spiro atoms. The van der Waals surface area contributed by atoms with Crippen LogP contribution < -0.4 is 9.64 Å². The van der Waals surface area contributed by atoms with Gasteiger partial charge in [-0.2, -0.15) is 9.97 Å². The van der Waals surface area contributed by atoms with Gasteiger partial charge >= 0.3 is 6.01 Å². The maximum absolute atomic E-state index is 14.9. The van der Waals surface area contributed by atoms with Gasteiger partial charge in [0.2, 0.25) is 0 Å². The van der Waals surface area contributed by atoms with Gasteiger partial charge in [-0.05, 0) is 32.2 Å². The molecule has 2 bridgehead atoms. The zero-order valence-electron chi connectivity index (χ0n) is 17.1. The van der Waals surface area contributed by atoms with Gasteiger partial charge in [-0.1, -0.05) is 11.6 Å². The van der Waals surface area contributed by atoms with Crippen molar-refractivity contribution in [2.75, 3.05) is 37.8 Å². The first-order valence-corrected chi connectivity index (χ1v) is 11.3. The van der Waals surface area contributed by atoms with Crippen molar-refractivity contribution in [3.63, 3.8) is 0 Å². The number of ether oxygens (including phenoxy) is 2. The second-order valence-electron chi connectivity index (χ2n) is 9.15. The molecule has 0 N–H and O–H groups in total. The molecule has 0 amide bonds. The lowest BCUT2D eigenvalue weighted by molar-refractivity contribution is 0.0898. The van der Waals surface area contributed by atoms with Gasteiger partial charge in [0.15, 0.2) is 11.0 Å². The number of nitrogens with zero attached hydrogens (tertiary/aromatic N) is 5. The summed E-state index contributed by atoms with van der Waals surface area (Å²) in [6, 6.07) is 0.446. The molecular formula is C21H24ClF2N5O2. The minimum atomic E-state index is -0.844. The first kappa shape index (κ1) is 19.8. The maximum atomic E-state index is 14.9. The zero-order chi connectivity index (χ0) is 21.2. The molecule has 6 rings (SSSR count). The van der Waals surface area contributed by atoms with Crippen LogP contribution in [0.1, 0.15) is 32.1 Å². The van der Waals surface area contributed by atoms with Gasteiger partial charge in [-0.25, -0.2) is 13.8 Å². The molecule has 31 heavy (non-hydrogen) atoms. The first-order valence-electron chi connectivity index (χ1n) is 10.9. The average Bonchev–Trinajstić information content (AvgIpc) is 3.36. The summed E-state index contributed by atoms with van der Waals surface area (Å²) in [4.78, 5) is 17.4. The number of hydrogen-bond acceptors (Lipinski definition) is 7. The van der Waals surface area contributed by atoms with Crippen LogP contribution in [0.5, 0.6) is 6.01 Å². The second kappa shape index (κ2) is 7.35. The summed E-state index contributed by atoms with van der Waals surface area (Å²) in [7, 11) is 0. The SMILES string of the molecule is Fc1c(Cl)ncc2c(N3C4CCC3COC4)nc(OC[C@@]34CCCN3C[C@H](F)C4)nc12. The van der Waals surface area contributed by atoms with Crippen LogP contribution in [0, 0.1) is 5.82 Å². The number of anilines is 1. The number of halogens is 3. The Morgan fingerprint density at radius 2 is 2.06 bits per heavy atom. The molecule has 4 aliphatic rings. The van der Waals surface area contributed by atoms with Gasteiger partial charge in [-0.3, -0.25) is 4.90 Å². The molecule has 6 heterocycles. The van der Waals surface area contributed by atoms with Crippen molar-refractivity contribution in [1.29, 1.82) is 0 Å². The Labute approximate surface area is 183 Å². The van der Waals surface area contributed by atoms with Crippen LogP contribution in [0.2, 0.25) is 5.15 Å². The molecular weight excluding hydrogens is 428 g/mol. The van der Waals surface area contributed by atoms with E-state index < -0.39 is 12.0 Å². The third-order valence-electron chi connectivity index (χ3n) is 7.32. The number of aromatic nitrogens is 3. The fraction of sp³-hybridized carbons (Fsp3) is 0.667. The number of pyridine rings is 1. The lowest BCUT2D eigenvalue weighted by atomic mass is 9.95. The van der Waals surface area contributed by atoms with Crippen LogP contribution in [-0.2, 0) is 4.74 Å². The van der Waals surface area contributed by atoms with Gasteiger partial charge < -0.3 is 14.4 Å². The van der Waals surface area contributed by atoms with Crippen molar-refractivity contribution < 1.29 is 18.3 Å². The normalized spacial score (nSPS) is 32.7. The van der Waals surface area contributed by atoms with Crippen LogP contribution in [0.15, 0.2) is 6.20 Å². The minimum Gasteiger partial charge on any atom is -0.461 e. The number of rotatable bonds is 4. The Bertz CT molecular complexity index is 1010. The van der Waals surface area contributed by atoms with Crippen LogP contribution in [0.25, 0.3) is 10.9 Å². The third kappa shape index (κ3) is 3.15. The molecule has 0 aliphatic carbocycles. The molecule has 2 unspecified atom stereocenters. The summed E-state index contributed by atoms with van der Waals surface area (Å²) in [5.74, 6) is -0.0759. The quantitative estimate of drug-likeness (QED) is 0.662. The summed E-state index contributed by atoms with van der Waals surface area (Å²) in [5, 5.41) is 0.281. The van der Waals surface area contributed by atoms with Crippen molar-refractivity contribution in [1.82, 2.24) is 19.9 Å². The number of morpholine rings is 1. The van der Waals surface area contributed by atoms with Gasteiger partial charge in [0.1, 0.15) is 24.1 Å². The van der Waals surface area contributed by atoms with E-state index in [0.717, 1.165) is 32.2 Å². The van der Waals surface area contributed by atoms with E-state index in [1.807, 2.05) is 0 Å². The standard InChI is InChI=1S/C21H24ClF2N5O2/c22-18-16(24)17-15(7-25-18)19(29-13-2-3-14(29)10-30-9-13)27-20(26-17)31-11-21-4-1-5-28(21)8-12(23)6-21/h7,12-14H,1-6,8-11H2/t12-,13?,14?,21+/m1/s1. The molecule has 2 aromatic heterocycles. The topological polar surface area (TPSA) is 63.6 Å². The van der Waals surface area contributed by atoms with Crippen LogP contribution >= 0.6 is 11.6 Å². The van der Waals surface area contributed by atoms with Crippen molar-refractivity contribution in [2.45, 2.75) is 55.9 Å². The lowest BCUT2D eigenvalue weighted by Crippen LogP contribution is -2.46. The summed E-state index contributed by atoms with van der Waals surface area (Å²) in [6.45, 7) is 2.82. The summed E-state index contributed by atoms with van der Waals surface area (Å²) < 4.78 is 40.7. The molecule has 10 heteroatoms. The molecule has 4 fully saturated rings. The molecule has 166 valence electrons. The molecule has 0 aromatic carbocycles. The summed E-state index contributed by atoms with van der Waals surface area (Å²) in [5.41, 5.74) is -0.230. The van der Waals surface area contributed by atoms with E-state index in [-0.39, 0.29) is 40.9 Å². The predicted octanol–water partition coefficient (Wildman–Crippen LogP) is 3.14. The van der Waals surface area contributed by atoms with Crippen LogP contribution in [-0.4, -0.2) is 76.6 Å². The van der Waals surface area contributed by atoms with Crippen molar-refractivity contribution in [3.05, 3.63) is 17.2 Å². The fourth-order valence-corrected chi connectivity index (χ4v) is 6.02. The highest BCUT2D eigenvalue weighted by atomic mass is 35.5. The molecule has 0 radical (unpaired) electrons. The van der Waals surface area contributed by atoms with E-state index in [1.54, 1.807) is 0 Å². The third-order valence-corrected chi connectivity index (χ3v) is 7.58. The summed E-state index contributed by atoms with van der Waals surface area (Å²) >= 11 is 5.95. The van der Waals surface area contributed by atoms with Gasteiger partial charge in [0.05, 0.1) is 36.2 Å². The summed E-state index contributed by atoms with van der Waals surface area (Å²) in [6.07, 6.45) is 5.02. The molecule has 2 aromatic rings. The van der Waals surface area contributed by atoms with Crippen LogP contribution in [0.4, 0.5) is 14.6 Å². The van der Waals surface area contributed by atoms with Crippen LogP contribution in [0.3, 0.4) is 0 Å². The Morgan fingerprint density at radius 3 is 2.87 bits per heavy atom. The number of fused-ring (bicyclic) bond motifs is 4. The van der Waals surface area contributed by atoms with Crippen molar-refractivity contribution >= 4 is 28.3 Å². The highest BCUT2D eigenvalue weighted by molar-refractivity contribution is 6.30. The first-order chi connectivity index (χ1) is 15.0. The molecule has 0 saturated carbocycles. The highest BCUT2D eigenvalue weighted by Crippen LogP contribution is 2.41. The molecule has 7 nitrogen and oxygen atoms in total.